The van der Waals surface area contributed by atoms with Crippen LogP contribution in [0.1, 0.15) is 13.3 Å². The van der Waals surface area contributed by atoms with Crippen molar-refractivity contribution >= 4 is 9.84 Å². The molecule has 0 unspecified atom stereocenters. The third kappa shape index (κ3) is 5.82. The summed E-state index contributed by atoms with van der Waals surface area (Å²) < 4.78 is 21.4. The number of allylic oxidation sites excluding steroid dienone is 1. The lowest BCUT2D eigenvalue weighted by Crippen LogP contribution is -2.10. The van der Waals surface area contributed by atoms with Crippen LogP contribution in [0.15, 0.2) is 12.7 Å². The first-order valence-electron chi connectivity index (χ1n) is 3.24. The van der Waals surface area contributed by atoms with E-state index in [9.17, 15) is 8.42 Å². The lowest BCUT2D eigenvalue weighted by molar-refractivity contribution is 0.578. The highest BCUT2D eigenvalue weighted by Crippen LogP contribution is 2.04. The maximum atomic E-state index is 10.7. The zero-order valence-electron chi connectivity index (χ0n) is 6.50. The Morgan fingerprint density at radius 2 is 2.10 bits per heavy atom. The summed E-state index contributed by atoms with van der Waals surface area (Å²) in [7, 11) is -2.79. The van der Waals surface area contributed by atoms with Crippen LogP contribution < -0.4 is 0 Å². The summed E-state index contributed by atoms with van der Waals surface area (Å²) >= 11 is 0. The van der Waals surface area contributed by atoms with Crippen molar-refractivity contribution in [3.8, 4) is 0 Å². The molecule has 0 radical (unpaired) electrons. The SMILES string of the molecule is C=CC[C@H](C)CS(C)(=O)=O. The Morgan fingerprint density at radius 3 is 2.40 bits per heavy atom. The summed E-state index contributed by atoms with van der Waals surface area (Å²) in [5.41, 5.74) is 0. The van der Waals surface area contributed by atoms with Crippen molar-refractivity contribution < 1.29 is 8.42 Å². The minimum atomic E-state index is -2.79. The Balaban J connectivity index is 3.80. The Bertz CT molecular complexity index is 192. The van der Waals surface area contributed by atoms with Crippen LogP contribution in [0.4, 0.5) is 0 Å². The van der Waals surface area contributed by atoms with E-state index < -0.39 is 9.84 Å². The van der Waals surface area contributed by atoms with Gasteiger partial charge in [-0.3, -0.25) is 0 Å². The van der Waals surface area contributed by atoms with Gasteiger partial charge in [-0.2, -0.15) is 0 Å². The minimum absolute atomic E-state index is 0.201. The van der Waals surface area contributed by atoms with Gasteiger partial charge in [0.25, 0.3) is 0 Å². The lowest BCUT2D eigenvalue weighted by Gasteiger charge is -2.04. The topological polar surface area (TPSA) is 34.1 Å². The fourth-order valence-electron chi connectivity index (χ4n) is 0.869. The van der Waals surface area contributed by atoms with Gasteiger partial charge in [0.1, 0.15) is 9.84 Å². The number of hydrogen-bond acceptors (Lipinski definition) is 2. The van der Waals surface area contributed by atoms with Gasteiger partial charge in [0.2, 0.25) is 0 Å². The van der Waals surface area contributed by atoms with Crippen molar-refractivity contribution in [2.75, 3.05) is 12.0 Å². The molecule has 0 aromatic heterocycles. The summed E-state index contributed by atoms with van der Waals surface area (Å²) in [6.07, 6.45) is 3.77. The highest BCUT2D eigenvalue weighted by molar-refractivity contribution is 7.90. The molecule has 0 heterocycles. The molecule has 0 spiro atoms. The summed E-state index contributed by atoms with van der Waals surface area (Å²) in [4.78, 5) is 0. The molecule has 0 aliphatic heterocycles. The molecule has 0 N–H and O–H groups in total. The van der Waals surface area contributed by atoms with Gasteiger partial charge in [0, 0.05) is 6.26 Å². The molecule has 0 aromatic carbocycles. The molecule has 2 nitrogen and oxygen atoms in total. The first-order valence-corrected chi connectivity index (χ1v) is 5.30. The van der Waals surface area contributed by atoms with Crippen LogP contribution in [0.25, 0.3) is 0 Å². The predicted octanol–water partition coefficient (Wildman–Crippen LogP) is 1.24. The molecule has 60 valence electrons. The van der Waals surface area contributed by atoms with E-state index in [4.69, 9.17) is 0 Å². The predicted molar refractivity (Wildman–Crippen MR) is 43.7 cm³/mol. The molecule has 10 heavy (non-hydrogen) atoms. The largest absolute Gasteiger partial charge is 0.229 e. The Hall–Kier alpha value is -0.310. The number of hydrogen-bond donors (Lipinski definition) is 0. The van der Waals surface area contributed by atoms with Crippen molar-refractivity contribution in [1.82, 2.24) is 0 Å². The number of rotatable bonds is 4. The Morgan fingerprint density at radius 1 is 1.60 bits per heavy atom. The third-order valence-corrected chi connectivity index (χ3v) is 2.33. The van der Waals surface area contributed by atoms with E-state index in [-0.39, 0.29) is 11.7 Å². The second-order valence-corrected chi connectivity index (χ2v) is 4.91. The normalized spacial score (nSPS) is 14.6. The fourth-order valence-corrected chi connectivity index (χ4v) is 2.04. The van der Waals surface area contributed by atoms with Crippen LogP contribution >= 0.6 is 0 Å². The average Bonchev–Trinajstić information content (AvgIpc) is 1.59. The molecule has 0 aliphatic carbocycles. The van der Waals surface area contributed by atoms with Gasteiger partial charge >= 0.3 is 0 Å². The van der Waals surface area contributed by atoms with Crippen LogP contribution in [0.5, 0.6) is 0 Å². The van der Waals surface area contributed by atoms with Gasteiger partial charge in [0.05, 0.1) is 5.75 Å². The van der Waals surface area contributed by atoms with Crippen LogP contribution in [0.2, 0.25) is 0 Å². The molecular formula is C7H14O2S. The molecule has 0 aliphatic rings. The molecule has 1 atom stereocenters. The molecule has 0 fully saturated rings. The molecule has 0 rings (SSSR count). The van der Waals surface area contributed by atoms with Gasteiger partial charge in [-0.05, 0) is 12.3 Å². The van der Waals surface area contributed by atoms with Crippen molar-refractivity contribution in [3.05, 3.63) is 12.7 Å². The maximum absolute atomic E-state index is 10.7. The van der Waals surface area contributed by atoms with Gasteiger partial charge < -0.3 is 0 Å². The molecule has 0 saturated heterocycles. The maximum Gasteiger partial charge on any atom is 0.147 e. The van der Waals surface area contributed by atoms with E-state index in [0.717, 1.165) is 6.42 Å². The quantitative estimate of drug-likeness (QED) is 0.583. The van der Waals surface area contributed by atoms with Crippen LogP contribution in [0, 0.1) is 5.92 Å². The highest BCUT2D eigenvalue weighted by Gasteiger charge is 2.07. The van der Waals surface area contributed by atoms with E-state index in [1.165, 1.54) is 6.26 Å². The first kappa shape index (κ1) is 9.69. The van der Waals surface area contributed by atoms with Gasteiger partial charge in [0.15, 0.2) is 0 Å². The van der Waals surface area contributed by atoms with E-state index >= 15 is 0 Å². The second kappa shape index (κ2) is 3.76. The standard InChI is InChI=1S/C7H14O2S/c1-4-5-7(2)6-10(3,8)9/h4,7H,1,5-6H2,2-3H3/t7-/m0/s1. The highest BCUT2D eigenvalue weighted by atomic mass is 32.2. The molecule has 0 saturated carbocycles. The van der Waals surface area contributed by atoms with Gasteiger partial charge in [-0.1, -0.05) is 13.0 Å². The van der Waals surface area contributed by atoms with E-state index in [0.29, 0.717) is 0 Å². The van der Waals surface area contributed by atoms with E-state index in [2.05, 4.69) is 6.58 Å². The third-order valence-electron chi connectivity index (χ3n) is 1.16. The van der Waals surface area contributed by atoms with E-state index in [1.807, 2.05) is 6.92 Å². The van der Waals surface area contributed by atoms with Crippen molar-refractivity contribution in [2.24, 2.45) is 5.92 Å². The monoisotopic (exact) mass is 162 g/mol. The average molecular weight is 162 g/mol. The zero-order chi connectivity index (χ0) is 8.20. The molecule has 0 aromatic rings. The second-order valence-electron chi connectivity index (χ2n) is 2.72. The van der Waals surface area contributed by atoms with Crippen molar-refractivity contribution in [3.63, 3.8) is 0 Å². The van der Waals surface area contributed by atoms with E-state index in [1.54, 1.807) is 6.08 Å². The zero-order valence-corrected chi connectivity index (χ0v) is 7.32. The Kier molecular flexibility index (Phi) is 3.64. The van der Waals surface area contributed by atoms with Crippen LogP contribution in [0.3, 0.4) is 0 Å². The summed E-state index contributed by atoms with van der Waals surface area (Å²) in [6.45, 7) is 5.44. The number of sulfone groups is 1. The fraction of sp³-hybridized carbons (Fsp3) is 0.714. The Labute approximate surface area is 62.9 Å². The first-order chi connectivity index (χ1) is 4.45. The molecule has 3 heteroatoms. The van der Waals surface area contributed by atoms with Crippen LogP contribution in [-0.4, -0.2) is 20.4 Å². The van der Waals surface area contributed by atoms with Crippen molar-refractivity contribution in [1.29, 1.82) is 0 Å². The molecular weight excluding hydrogens is 148 g/mol. The summed E-state index contributed by atoms with van der Waals surface area (Å²) in [5.74, 6) is 0.464. The molecule has 0 bridgehead atoms. The lowest BCUT2D eigenvalue weighted by atomic mass is 10.1. The van der Waals surface area contributed by atoms with Crippen LogP contribution in [-0.2, 0) is 9.84 Å². The summed E-state index contributed by atoms with van der Waals surface area (Å²) in [6, 6.07) is 0. The van der Waals surface area contributed by atoms with Gasteiger partial charge in [-0.25, -0.2) is 8.42 Å². The van der Waals surface area contributed by atoms with Crippen molar-refractivity contribution in [2.45, 2.75) is 13.3 Å². The van der Waals surface area contributed by atoms with Gasteiger partial charge in [-0.15, -0.1) is 6.58 Å². The summed E-state index contributed by atoms with van der Waals surface area (Å²) in [5, 5.41) is 0. The minimum Gasteiger partial charge on any atom is -0.229 e. The molecule has 0 amide bonds. The smallest absolute Gasteiger partial charge is 0.147 e.